The highest BCUT2D eigenvalue weighted by atomic mass is 16.5. The van der Waals surface area contributed by atoms with Gasteiger partial charge >= 0.3 is 0 Å². The zero-order valence-corrected chi connectivity index (χ0v) is 26.4. The lowest BCUT2D eigenvalue weighted by Gasteiger charge is -2.26. The monoisotopic (exact) mass is 628 g/mol. The number of methoxy groups -OCH3 is 1. The number of hydrogen-bond acceptors (Lipinski definition) is 8. The second kappa shape index (κ2) is 15.2. The van der Waals surface area contributed by atoms with Crippen molar-refractivity contribution in [3.8, 4) is 22.9 Å². The van der Waals surface area contributed by atoms with Crippen molar-refractivity contribution in [2.24, 2.45) is 5.92 Å². The van der Waals surface area contributed by atoms with Crippen molar-refractivity contribution in [2.75, 3.05) is 33.4 Å². The molecular formula is C33H40N8O5. The van der Waals surface area contributed by atoms with Crippen LogP contribution in [0.25, 0.3) is 11.4 Å². The molecule has 46 heavy (non-hydrogen) atoms. The van der Waals surface area contributed by atoms with Crippen LogP contribution in [0.3, 0.4) is 0 Å². The van der Waals surface area contributed by atoms with Gasteiger partial charge in [0.2, 0.25) is 11.8 Å². The Morgan fingerprint density at radius 2 is 1.91 bits per heavy atom. The number of amides is 3. The van der Waals surface area contributed by atoms with Gasteiger partial charge in [0.25, 0.3) is 5.91 Å². The number of benzene rings is 2. The Bertz CT molecular complexity index is 1620. The highest BCUT2D eigenvalue weighted by Crippen LogP contribution is 2.29. The summed E-state index contributed by atoms with van der Waals surface area (Å²) in [5, 5.41) is 14.9. The molecule has 5 rings (SSSR count). The molecule has 2 N–H and O–H groups in total. The van der Waals surface area contributed by atoms with Crippen molar-refractivity contribution in [1.82, 2.24) is 40.1 Å². The molecule has 242 valence electrons. The number of aromatic nitrogens is 5. The summed E-state index contributed by atoms with van der Waals surface area (Å²) < 4.78 is 15.1. The van der Waals surface area contributed by atoms with Crippen LogP contribution in [0, 0.1) is 5.92 Å². The molecule has 3 heterocycles. The van der Waals surface area contributed by atoms with Gasteiger partial charge in [-0.05, 0) is 36.6 Å². The number of carbonyl (C=O) groups is 3. The van der Waals surface area contributed by atoms with Gasteiger partial charge in [0, 0.05) is 49.6 Å². The van der Waals surface area contributed by atoms with Crippen LogP contribution in [-0.2, 0) is 22.7 Å². The van der Waals surface area contributed by atoms with Gasteiger partial charge in [0.1, 0.15) is 6.61 Å². The fourth-order valence-corrected chi connectivity index (χ4v) is 5.23. The predicted molar refractivity (Wildman–Crippen MR) is 170 cm³/mol. The summed E-state index contributed by atoms with van der Waals surface area (Å²) in [6.07, 6.45) is 4.31. The van der Waals surface area contributed by atoms with Crippen molar-refractivity contribution in [2.45, 2.75) is 45.8 Å². The standard InChI is InChI=1S/C33H40N8O5/c1-23(2)30-32-37-31(24-9-5-4-6-10-24)38-41(32)19-20-46-27-21-25(12-13-26(27)45-3)33(44)34-15-18-39(22-28(42)36-30)29(43)11-7-16-40-17-8-14-35-40/h4-6,8-10,12-14,17,21,23,30H,7,11,15-16,18-20,22H2,1-3H3,(H,34,44)(H,36,42)/t30-/m1/s1. The van der Waals surface area contributed by atoms with Crippen LogP contribution in [0.5, 0.6) is 11.5 Å². The van der Waals surface area contributed by atoms with E-state index in [0.717, 1.165) is 5.56 Å². The molecule has 3 amide bonds. The topological polar surface area (TPSA) is 146 Å². The maximum Gasteiger partial charge on any atom is 0.251 e. The Balaban J connectivity index is 1.45. The van der Waals surface area contributed by atoms with Gasteiger partial charge in [-0.1, -0.05) is 44.2 Å². The van der Waals surface area contributed by atoms with E-state index in [1.807, 2.05) is 56.4 Å². The molecule has 2 aromatic carbocycles. The second-order valence-corrected chi connectivity index (χ2v) is 11.3. The number of hydrogen-bond donors (Lipinski definition) is 2. The van der Waals surface area contributed by atoms with Crippen LogP contribution in [0.2, 0.25) is 0 Å². The molecule has 13 nitrogen and oxygen atoms in total. The largest absolute Gasteiger partial charge is 0.493 e. The van der Waals surface area contributed by atoms with Gasteiger partial charge in [-0.15, -0.1) is 0 Å². The van der Waals surface area contributed by atoms with Crippen LogP contribution >= 0.6 is 0 Å². The number of ether oxygens (including phenoxy) is 2. The number of carbonyl (C=O) groups excluding carboxylic acids is 3. The van der Waals surface area contributed by atoms with E-state index in [0.29, 0.717) is 48.2 Å². The minimum atomic E-state index is -0.498. The van der Waals surface area contributed by atoms with Gasteiger partial charge in [-0.3, -0.25) is 19.1 Å². The molecule has 0 unspecified atom stereocenters. The normalized spacial score (nSPS) is 16.2. The van der Waals surface area contributed by atoms with E-state index in [4.69, 9.17) is 19.6 Å². The van der Waals surface area contributed by atoms with Crippen LogP contribution in [-0.4, -0.2) is 80.5 Å². The summed E-state index contributed by atoms with van der Waals surface area (Å²) >= 11 is 0. The van der Waals surface area contributed by atoms with Crippen molar-refractivity contribution in [3.63, 3.8) is 0 Å². The average molecular weight is 629 g/mol. The number of fused-ring (bicyclic) bond motifs is 3. The van der Waals surface area contributed by atoms with Crippen molar-refractivity contribution in [3.05, 3.63) is 78.4 Å². The number of nitrogens with zero attached hydrogens (tertiary/aromatic N) is 6. The maximum absolute atomic E-state index is 13.6. The van der Waals surface area contributed by atoms with Gasteiger partial charge in [-0.25, -0.2) is 9.67 Å². The SMILES string of the molecule is COc1ccc2cc1OCCn1nc(-c3ccccc3)nc1[C@@H](C(C)C)NC(=O)CN(C(=O)CCCn1cccn1)CCNC2=O. The van der Waals surface area contributed by atoms with E-state index >= 15 is 0 Å². The lowest BCUT2D eigenvalue weighted by Crippen LogP contribution is -2.46. The summed E-state index contributed by atoms with van der Waals surface area (Å²) in [5.41, 5.74) is 1.22. The van der Waals surface area contributed by atoms with E-state index in [1.165, 1.54) is 12.0 Å². The van der Waals surface area contributed by atoms with E-state index in [-0.39, 0.29) is 56.3 Å². The van der Waals surface area contributed by atoms with Crippen LogP contribution in [0.1, 0.15) is 48.9 Å². The lowest BCUT2D eigenvalue weighted by atomic mass is 10.0. The summed E-state index contributed by atoms with van der Waals surface area (Å²) in [4.78, 5) is 46.4. The first kappa shape index (κ1) is 32.2. The first-order valence-corrected chi connectivity index (χ1v) is 15.5. The molecule has 0 saturated heterocycles. The van der Waals surface area contributed by atoms with Gasteiger partial charge in [0.05, 0.1) is 26.2 Å². The number of rotatable bonds is 7. The van der Waals surface area contributed by atoms with E-state index in [9.17, 15) is 14.4 Å². The Kier molecular flexibility index (Phi) is 10.6. The predicted octanol–water partition coefficient (Wildman–Crippen LogP) is 3.09. The molecule has 1 aliphatic rings. The van der Waals surface area contributed by atoms with Crippen LogP contribution in [0.15, 0.2) is 67.0 Å². The highest BCUT2D eigenvalue weighted by Gasteiger charge is 2.27. The van der Waals surface area contributed by atoms with Gasteiger partial charge in [-0.2, -0.15) is 10.2 Å². The molecule has 0 radical (unpaired) electrons. The maximum atomic E-state index is 13.6. The van der Waals surface area contributed by atoms with Crippen LogP contribution in [0.4, 0.5) is 0 Å². The summed E-state index contributed by atoms with van der Waals surface area (Å²) in [7, 11) is 1.54. The molecule has 4 aromatic rings. The number of aryl methyl sites for hydroxylation is 1. The second-order valence-electron chi connectivity index (χ2n) is 11.3. The Hall–Kier alpha value is -5.20. The smallest absolute Gasteiger partial charge is 0.251 e. The molecule has 2 bridgehead atoms. The molecule has 2 aromatic heterocycles. The minimum absolute atomic E-state index is 0.0483. The van der Waals surface area contributed by atoms with Crippen molar-refractivity contribution < 1.29 is 23.9 Å². The fourth-order valence-electron chi connectivity index (χ4n) is 5.23. The Morgan fingerprint density at radius 1 is 1.09 bits per heavy atom. The molecule has 1 atom stereocenters. The molecule has 13 heteroatoms. The Morgan fingerprint density at radius 3 is 2.65 bits per heavy atom. The number of nitrogens with one attached hydrogen (secondary N) is 2. The van der Waals surface area contributed by atoms with Gasteiger partial charge in [0.15, 0.2) is 23.1 Å². The molecule has 0 saturated carbocycles. The first-order chi connectivity index (χ1) is 22.3. The summed E-state index contributed by atoms with van der Waals surface area (Å²) in [6, 6.07) is 15.9. The summed E-state index contributed by atoms with van der Waals surface area (Å²) in [5.74, 6) is 1.08. The molecule has 0 aliphatic carbocycles. The minimum Gasteiger partial charge on any atom is -0.493 e. The zero-order chi connectivity index (χ0) is 32.5. The molecule has 0 spiro atoms. The first-order valence-electron chi connectivity index (χ1n) is 15.5. The summed E-state index contributed by atoms with van der Waals surface area (Å²) in [6.45, 7) is 5.22. The van der Waals surface area contributed by atoms with E-state index < -0.39 is 6.04 Å². The Labute approximate surface area is 267 Å². The third-order valence-electron chi connectivity index (χ3n) is 7.67. The molecular weight excluding hydrogens is 588 g/mol. The van der Waals surface area contributed by atoms with E-state index in [2.05, 4.69) is 15.7 Å². The fraction of sp³-hybridized carbons (Fsp3) is 0.394. The van der Waals surface area contributed by atoms with Crippen molar-refractivity contribution in [1.29, 1.82) is 0 Å². The van der Waals surface area contributed by atoms with E-state index in [1.54, 1.807) is 33.8 Å². The van der Waals surface area contributed by atoms with Gasteiger partial charge < -0.3 is 25.0 Å². The quantitative estimate of drug-likeness (QED) is 0.318. The average Bonchev–Trinajstić information content (AvgIpc) is 3.73. The third kappa shape index (κ3) is 8.09. The highest BCUT2D eigenvalue weighted by molar-refractivity contribution is 5.95. The third-order valence-corrected chi connectivity index (χ3v) is 7.67. The van der Waals surface area contributed by atoms with Crippen LogP contribution < -0.4 is 20.1 Å². The molecule has 0 fully saturated rings. The van der Waals surface area contributed by atoms with Crippen molar-refractivity contribution >= 4 is 17.7 Å². The zero-order valence-electron chi connectivity index (χ0n) is 26.4. The lowest BCUT2D eigenvalue weighted by molar-refractivity contribution is -0.136. The molecule has 1 aliphatic heterocycles.